The second-order valence-electron chi connectivity index (χ2n) is 5.49. The van der Waals surface area contributed by atoms with Gasteiger partial charge in [-0.2, -0.15) is 4.98 Å². The number of piperidine rings is 1. The Morgan fingerprint density at radius 2 is 2.10 bits per heavy atom. The standard InChI is InChI=1S/C15H21N3O2/c1-18-11-5-4-6-12(18)8-10(7-11)13-9-16-15(20-3)17-14(13)19-2/h7,9,11-12H,4-6,8H2,1-3H3. The first-order chi connectivity index (χ1) is 9.72. The first-order valence-corrected chi connectivity index (χ1v) is 7.11. The third-order valence-corrected chi connectivity index (χ3v) is 4.44. The van der Waals surface area contributed by atoms with Crippen LogP contribution in [0, 0.1) is 0 Å². The molecule has 2 aliphatic heterocycles. The van der Waals surface area contributed by atoms with Gasteiger partial charge in [-0.3, -0.25) is 4.90 Å². The quantitative estimate of drug-likeness (QED) is 0.845. The smallest absolute Gasteiger partial charge is 0.319 e. The van der Waals surface area contributed by atoms with E-state index in [2.05, 4.69) is 28.0 Å². The monoisotopic (exact) mass is 275 g/mol. The molecular weight excluding hydrogens is 254 g/mol. The summed E-state index contributed by atoms with van der Waals surface area (Å²) in [7, 11) is 5.43. The lowest BCUT2D eigenvalue weighted by Gasteiger charge is -2.42. The lowest BCUT2D eigenvalue weighted by Crippen LogP contribution is -2.45. The molecule has 3 heterocycles. The van der Waals surface area contributed by atoms with Crippen molar-refractivity contribution in [2.45, 2.75) is 37.8 Å². The minimum atomic E-state index is 0.347. The van der Waals surface area contributed by atoms with Crippen molar-refractivity contribution in [3.8, 4) is 11.9 Å². The number of rotatable bonds is 3. The summed E-state index contributed by atoms with van der Waals surface area (Å²) < 4.78 is 10.5. The molecule has 2 unspecified atom stereocenters. The molecular formula is C15H21N3O2. The van der Waals surface area contributed by atoms with Crippen LogP contribution in [0.2, 0.25) is 0 Å². The first kappa shape index (κ1) is 13.4. The van der Waals surface area contributed by atoms with Gasteiger partial charge in [0.1, 0.15) is 0 Å². The van der Waals surface area contributed by atoms with E-state index < -0.39 is 0 Å². The maximum Gasteiger partial charge on any atom is 0.319 e. The van der Waals surface area contributed by atoms with E-state index in [-0.39, 0.29) is 0 Å². The van der Waals surface area contributed by atoms with E-state index in [1.807, 2.05) is 6.20 Å². The highest BCUT2D eigenvalue weighted by molar-refractivity contribution is 5.70. The van der Waals surface area contributed by atoms with Crippen molar-refractivity contribution in [1.82, 2.24) is 14.9 Å². The average molecular weight is 275 g/mol. The molecule has 2 aliphatic rings. The van der Waals surface area contributed by atoms with Crippen LogP contribution in [0.3, 0.4) is 0 Å². The van der Waals surface area contributed by atoms with Crippen molar-refractivity contribution in [3.63, 3.8) is 0 Å². The number of likely N-dealkylation sites (N-methyl/N-ethyl adjacent to an activating group) is 1. The van der Waals surface area contributed by atoms with Crippen LogP contribution < -0.4 is 9.47 Å². The summed E-state index contributed by atoms with van der Waals surface area (Å²) >= 11 is 0. The lowest BCUT2D eigenvalue weighted by atomic mass is 9.84. The fourth-order valence-electron chi connectivity index (χ4n) is 3.27. The van der Waals surface area contributed by atoms with Crippen LogP contribution in [0.5, 0.6) is 11.9 Å². The number of nitrogens with zero attached hydrogens (tertiary/aromatic N) is 3. The minimum absolute atomic E-state index is 0.347. The van der Waals surface area contributed by atoms with Crippen LogP contribution >= 0.6 is 0 Å². The molecule has 0 N–H and O–H groups in total. The molecule has 20 heavy (non-hydrogen) atoms. The van der Waals surface area contributed by atoms with Crippen molar-refractivity contribution in [1.29, 1.82) is 0 Å². The van der Waals surface area contributed by atoms with Gasteiger partial charge >= 0.3 is 6.01 Å². The van der Waals surface area contributed by atoms with Gasteiger partial charge in [0.15, 0.2) is 0 Å². The zero-order valence-corrected chi connectivity index (χ0v) is 12.3. The lowest BCUT2D eigenvalue weighted by molar-refractivity contribution is 0.137. The molecule has 0 aromatic carbocycles. The molecule has 108 valence electrons. The molecule has 0 spiro atoms. The van der Waals surface area contributed by atoms with Gasteiger partial charge in [-0.1, -0.05) is 12.5 Å². The Morgan fingerprint density at radius 3 is 2.80 bits per heavy atom. The van der Waals surface area contributed by atoms with Crippen LogP contribution in [0.1, 0.15) is 31.2 Å². The zero-order valence-electron chi connectivity index (χ0n) is 12.3. The SMILES string of the molecule is COc1ncc(C2=CC3CCCC(C2)N3C)c(OC)n1. The van der Waals surface area contributed by atoms with Crippen molar-refractivity contribution >= 4 is 5.57 Å². The van der Waals surface area contributed by atoms with Crippen LogP contribution in [0.15, 0.2) is 12.3 Å². The molecule has 2 atom stereocenters. The maximum absolute atomic E-state index is 5.40. The minimum Gasteiger partial charge on any atom is -0.480 e. The molecule has 0 amide bonds. The second-order valence-corrected chi connectivity index (χ2v) is 5.49. The normalized spacial score (nSPS) is 26.1. The van der Waals surface area contributed by atoms with Crippen LogP contribution in [0.4, 0.5) is 0 Å². The molecule has 0 aliphatic carbocycles. The first-order valence-electron chi connectivity index (χ1n) is 7.11. The van der Waals surface area contributed by atoms with E-state index in [0.29, 0.717) is 24.0 Å². The molecule has 0 saturated carbocycles. The number of hydrogen-bond donors (Lipinski definition) is 0. The Morgan fingerprint density at radius 1 is 1.25 bits per heavy atom. The summed E-state index contributed by atoms with van der Waals surface area (Å²) in [6.45, 7) is 0. The highest BCUT2D eigenvalue weighted by Crippen LogP contribution is 2.38. The van der Waals surface area contributed by atoms with Crippen molar-refractivity contribution in [3.05, 3.63) is 17.8 Å². The topological polar surface area (TPSA) is 47.5 Å². The van der Waals surface area contributed by atoms with Gasteiger partial charge < -0.3 is 9.47 Å². The summed E-state index contributed by atoms with van der Waals surface area (Å²) in [5.41, 5.74) is 2.30. The number of fused-ring (bicyclic) bond motifs is 2. The van der Waals surface area contributed by atoms with Gasteiger partial charge in [0.2, 0.25) is 5.88 Å². The summed E-state index contributed by atoms with van der Waals surface area (Å²) in [6.07, 6.45) is 9.03. The van der Waals surface area contributed by atoms with Gasteiger partial charge in [0.05, 0.1) is 19.8 Å². The van der Waals surface area contributed by atoms with Gasteiger partial charge in [0.25, 0.3) is 0 Å². The molecule has 1 aromatic heterocycles. The van der Waals surface area contributed by atoms with E-state index >= 15 is 0 Å². The van der Waals surface area contributed by atoms with Crippen LogP contribution in [0.25, 0.3) is 5.57 Å². The van der Waals surface area contributed by atoms with Gasteiger partial charge in [-0.25, -0.2) is 4.98 Å². The number of methoxy groups -OCH3 is 2. The predicted molar refractivity (Wildman–Crippen MR) is 76.9 cm³/mol. The van der Waals surface area contributed by atoms with Crippen LogP contribution in [-0.2, 0) is 0 Å². The molecule has 2 bridgehead atoms. The molecule has 5 heteroatoms. The van der Waals surface area contributed by atoms with E-state index in [1.54, 1.807) is 14.2 Å². The molecule has 0 radical (unpaired) electrons. The Bertz CT molecular complexity index is 530. The highest BCUT2D eigenvalue weighted by Gasteiger charge is 2.32. The Hall–Kier alpha value is -1.62. The van der Waals surface area contributed by atoms with E-state index in [0.717, 1.165) is 12.0 Å². The summed E-state index contributed by atoms with van der Waals surface area (Å²) in [5, 5.41) is 0. The van der Waals surface area contributed by atoms with E-state index in [4.69, 9.17) is 9.47 Å². The fraction of sp³-hybridized carbons (Fsp3) is 0.600. The second kappa shape index (κ2) is 5.40. The highest BCUT2D eigenvalue weighted by atomic mass is 16.5. The fourth-order valence-corrected chi connectivity index (χ4v) is 3.27. The summed E-state index contributed by atoms with van der Waals surface area (Å²) in [4.78, 5) is 11.0. The number of hydrogen-bond acceptors (Lipinski definition) is 5. The number of ether oxygens (including phenoxy) is 2. The van der Waals surface area contributed by atoms with Gasteiger partial charge in [-0.15, -0.1) is 0 Å². The van der Waals surface area contributed by atoms with Gasteiger partial charge in [0, 0.05) is 18.3 Å². The van der Waals surface area contributed by atoms with Crippen LogP contribution in [-0.4, -0.2) is 48.2 Å². The number of aromatic nitrogens is 2. The maximum atomic E-state index is 5.40. The van der Waals surface area contributed by atoms with E-state index in [9.17, 15) is 0 Å². The third-order valence-electron chi connectivity index (χ3n) is 4.44. The third kappa shape index (κ3) is 2.26. The predicted octanol–water partition coefficient (Wildman–Crippen LogP) is 2.13. The molecule has 1 fully saturated rings. The summed E-state index contributed by atoms with van der Waals surface area (Å²) in [6, 6.07) is 1.50. The molecule has 1 aromatic rings. The van der Waals surface area contributed by atoms with Crippen molar-refractivity contribution in [2.75, 3.05) is 21.3 Å². The Balaban J connectivity index is 1.97. The molecule has 3 rings (SSSR count). The largest absolute Gasteiger partial charge is 0.480 e. The van der Waals surface area contributed by atoms with Crippen molar-refractivity contribution < 1.29 is 9.47 Å². The Labute approximate surface area is 119 Å². The molecule has 5 nitrogen and oxygen atoms in total. The summed E-state index contributed by atoms with van der Waals surface area (Å²) in [5.74, 6) is 0.603. The zero-order chi connectivity index (χ0) is 14.1. The van der Waals surface area contributed by atoms with Crippen molar-refractivity contribution in [2.24, 2.45) is 0 Å². The van der Waals surface area contributed by atoms with E-state index in [1.165, 1.54) is 24.8 Å². The Kier molecular flexibility index (Phi) is 3.61. The molecule has 1 saturated heterocycles. The average Bonchev–Trinajstić information content (AvgIpc) is 2.46. The van der Waals surface area contributed by atoms with Gasteiger partial charge in [-0.05, 0) is 31.9 Å².